The number of imidazole rings is 1. The van der Waals surface area contributed by atoms with Crippen molar-refractivity contribution in [2.45, 2.75) is 32.1 Å². The van der Waals surface area contributed by atoms with Crippen LogP contribution in [-0.2, 0) is 11.2 Å². The first-order valence-corrected chi connectivity index (χ1v) is 9.37. The number of hydrogen-bond donors (Lipinski definition) is 2. The van der Waals surface area contributed by atoms with Crippen LogP contribution in [0.4, 0.5) is 11.4 Å². The van der Waals surface area contributed by atoms with Gasteiger partial charge in [0, 0.05) is 25.9 Å². The molecule has 0 radical (unpaired) electrons. The third-order valence-corrected chi connectivity index (χ3v) is 4.90. The summed E-state index contributed by atoms with van der Waals surface area (Å²) in [5, 5.41) is 3.09. The lowest BCUT2D eigenvalue weighted by atomic mass is 10.1. The SMILES string of the molecule is O=C(CCc1nc2ccccc2[nH]1)Nc1ccccc1N1CCCCC1. The molecule has 2 heterocycles. The van der Waals surface area contributed by atoms with Crippen molar-refractivity contribution in [3.63, 3.8) is 0 Å². The molecule has 0 atom stereocenters. The zero-order valence-corrected chi connectivity index (χ0v) is 14.9. The molecule has 0 bridgehead atoms. The van der Waals surface area contributed by atoms with Crippen molar-refractivity contribution in [1.82, 2.24) is 9.97 Å². The molecule has 0 spiro atoms. The maximum atomic E-state index is 12.5. The van der Waals surface area contributed by atoms with Gasteiger partial charge >= 0.3 is 0 Å². The van der Waals surface area contributed by atoms with E-state index >= 15 is 0 Å². The number of para-hydroxylation sites is 4. The van der Waals surface area contributed by atoms with Gasteiger partial charge in [-0.05, 0) is 43.5 Å². The molecule has 5 heteroatoms. The van der Waals surface area contributed by atoms with E-state index in [1.54, 1.807) is 0 Å². The summed E-state index contributed by atoms with van der Waals surface area (Å²) in [6, 6.07) is 16.0. The van der Waals surface area contributed by atoms with Crippen molar-refractivity contribution in [3.8, 4) is 0 Å². The topological polar surface area (TPSA) is 61.0 Å². The van der Waals surface area contributed by atoms with Gasteiger partial charge in [-0.1, -0.05) is 24.3 Å². The molecule has 1 amide bonds. The van der Waals surface area contributed by atoms with Crippen LogP contribution in [0.2, 0.25) is 0 Å². The highest BCUT2D eigenvalue weighted by atomic mass is 16.1. The first-order valence-electron chi connectivity index (χ1n) is 9.37. The summed E-state index contributed by atoms with van der Waals surface area (Å²) >= 11 is 0. The maximum Gasteiger partial charge on any atom is 0.224 e. The Morgan fingerprint density at radius 3 is 2.65 bits per heavy atom. The van der Waals surface area contributed by atoms with Gasteiger partial charge in [-0.3, -0.25) is 4.79 Å². The predicted molar refractivity (Wildman–Crippen MR) is 106 cm³/mol. The maximum absolute atomic E-state index is 12.5. The van der Waals surface area contributed by atoms with Crippen LogP contribution in [0.5, 0.6) is 0 Å². The normalized spacial score (nSPS) is 14.5. The molecule has 3 aromatic rings. The number of H-pyrrole nitrogens is 1. The van der Waals surface area contributed by atoms with Crippen molar-refractivity contribution in [1.29, 1.82) is 0 Å². The summed E-state index contributed by atoms with van der Waals surface area (Å²) < 4.78 is 0. The Balaban J connectivity index is 1.40. The molecule has 4 rings (SSSR count). The Morgan fingerprint density at radius 2 is 1.81 bits per heavy atom. The predicted octanol–water partition coefficient (Wildman–Crippen LogP) is 4.12. The molecular formula is C21H24N4O. The van der Waals surface area contributed by atoms with Crippen molar-refractivity contribution in [3.05, 3.63) is 54.4 Å². The number of aryl methyl sites for hydroxylation is 1. The van der Waals surface area contributed by atoms with E-state index in [1.807, 2.05) is 42.5 Å². The van der Waals surface area contributed by atoms with Crippen molar-refractivity contribution in [2.75, 3.05) is 23.3 Å². The lowest BCUT2D eigenvalue weighted by Crippen LogP contribution is -2.30. The lowest BCUT2D eigenvalue weighted by molar-refractivity contribution is -0.116. The number of rotatable bonds is 5. The number of amides is 1. The van der Waals surface area contributed by atoms with E-state index in [2.05, 4.69) is 26.3 Å². The third-order valence-electron chi connectivity index (χ3n) is 4.90. The molecule has 1 aromatic heterocycles. The van der Waals surface area contributed by atoms with Crippen LogP contribution in [0.25, 0.3) is 11.0 Å². The highest BCUT2D eigenvalue weighted by Gasteiger charge is 2.15. The smallest absolute Gasteiger partial charge is 0.224 e. The third kappa shape index (κ3) is 3.72. The zero-order chi connectivity index (χ0) is 17.8. The van der Waals surface area contributed by atoms with Crippen LogP contribution >= 0.6 is 0 Å². The minimum atomic E-state index is 0.0231. The zero-order valence-electron chi connectivity index (χ0n) is 14.9. The molecule has 1 aliphatic rings. The monoisotopic (exact) mass is 348 g/mol. The molecular weight excluding hydrogens is 324 g/mol. The number of fused-ring (bicyclic) bond motifs is 1. The van der Waals surface area contributed by atoms with E-state index in [1.165, 1.54) is 19.3 Å². The van der Waals surface area contributed by atoms with E-state index in [0.717, 1.165) is 41.3 Å². The number of anilines is 2. The summed E-state index contributed by atoms with van der Waals surface area (Å²) in [6.45, 7) is 2.12. The first-order chi connectivity index (χ1) is 12.8. The number of carbonyl (C=O) groups is 1. The second-order valence-corrected chi connectivity index (χ2v) is 6.81. The number of nitrogens with one attached hydrogen (secondary N) is 2. The van der Waals surface area contributed by atoms with E-state index in [4.69, 9.17) is 0 Å². The fraction of sp³-hybridized carbons (Fsp3) is 0.333. The number of carbonyl (C=O) groups excluding carboxylic acids is 1. The standard InChI is InChI=1S/C21H24N4O/c26-21(13-12-20-22-16-8-2-3-9-17(16)23-20)24-18-10-4-5-11-19(18)25-14-6-1-7-15-25/h2-5,8-11H,1,6-7,12-15H2,(H,22,23)(H,24,26). The Kier molecular flexibility index (Phi) is 4.86. The van der Waals surface area contributed by atoms with Gasteiger partial charge in [0.05, 0.1) is 22.4 Å². The van der Waals surface area contributed by atoms with E-state index in [9.17, 15) is 4.79 Å². The Bertz CT molecular complexity index is 863. The second kappa shape index (κ2) is 7.60. The lowest BCUT2D eigenvalue weighted by Gasteiger charge is -2.30. The van der Waals surface area contributed by atoms with Gasteiger partial charge in [0.25, 0.3) is 0 Å². The molecule has 2 N–H and O–H groups in total. The average Bonchev–Trinajstić information content (AvgIpc) is 3.11. The molecule has 1 fully saturated rings. The molecule has 0 saturated carbocycles. The summed E-state index contributed by atoms with van der Waals surface area (Å²) in [5.74, 6) is 0.876. The van der Waals surface area contributed by atoms with Gasteiger partial charge < -0.3 is 15.2 Å². The van der Waals surface area contributed by atoms with Crippen LogP contribution in [0, 0.1) is 0 Å². The minimum Gasteiger partial charge on any atom is -0.370 e. The van der Waals surface area contributed by atoms with Crippen molar-refractivity contribution < 1.29 is 4.79 Å². The van der Waals surface area contributed by atoms with Crippen LogP contribution in [0.1, 0.15) is 31.5 Å². The van der Waals surface area contributed by atoms with Gasteiger partial charge in [0.1, 0.15) is 5.82 Å². The molecule has 1 saturated heterocycles. The molecule has 26 heavy (non-hydrogen) atoms. The number of benzene rings is 2. The fourth-order valence-electron chi connectivity index (χ4n) is 3.56. The van der Waals surface area contributed by atoms with E-state index in [0.29, 0.717) is 12.8 Å². The largest absolute Gasteiger partial charge is 0.370 e. The number of hydrogen-bond acceptors (Lipinski definition) is 3. The fourth-order valence-corrected chi connectivity index (χ4v) is 3.56. The molecule has 0 aliphatic carbocycles. The first kappa shape index (κ1) is 16.6. The average molecular weight is 348 g/mol. The number of nitrogens with zero attached hydrogens (tertiary/aromatic N) is 2. The summed E-state index contributed by atoms with van der Waals surface area (Å²) in [7, 11) is 0. The molecule has 134 valence electrons. The van der Waals surface area contributed by atoms with Crippen LogP contribution < -0.4 is 10.2 Å². The summed E-state index contributed by atoms with van der Waals surface area (Å²) in [6.07, 6.45) is 4.74. The van der Waals surface area contributed by atoms with E-state index < -0.39 is 0 Å². The van der Waals surface area contributed by atoms with Crippen LogP contribution in [0.15, 0.2) is 48.5 Å². The number of piperidine rings is 1. The Hall–Kier alpha value is -2.82. The quantitative estimate of drug-likeness (QED) is 0.729. The second-order valence-electron chi connectivity index (χ2n) is 6.81. The highest BCUT2D eigenvalue weighted by Crippen LogP contribution is 2.28. The van der Waals surface area contributed by atoms with E-state index in [-0.39, 0.29) is 5.91 Å². The van der Waals surface area contributed by atoms with Gasteiger partial charge in [0.2, 0.25) is 5.91 Å². The van der Waals surface area contributed by atoms with Gasteiger partial charge in [-0.2, -0.15) is 0 Å². The Morgan fingerprint density at radius 1 is 1.04 bits per heavy atom. The molecule has 5 nitrogen and oxygen atoms in total. The number of aromatic nitrogens is 2. The highest BCUT2D eigenvalue weighted by molar-refractivity contribution is 5.94. The minimum absolute atomic E-state index is 0.0231. The van der Waals surface area contributed by atoms with Gasteiger partial charge in [-0.15, -0.1) is 0 Å². The Labute approximate surface area is 153 Å². The molecule has 0 unspecified atom stereocenters. The van der Waals surface area contributed by atoms with Crippen molar-refractivity contribution in [2.24, 2.45) is 0 Å². The molecule has 2 aromatic carbocycles. The van der Waals surface area contributed by atoms with Crippen LogP contribution in [0.3, 0.4) is 0 Å². The van der Waals surface area contributed by atoms with Gasteiger partial charge in [0.15, 0.2) is 0 Å². The summed E-state index contributed by atoms with van der Waals surface area (Å²) in [4.78, 5) is 22.7. The van der Waals surface area contributed by atoms with Crippen molar-refractivity contribution >= 4 is 28.3 Å². The molecule has 1 aliphatic heterocycles. The van der Waals surface area contributed by atoms with Crippen LogP contribution in [-0.4, -0.2) is 29.0 Å². The number of aromatic amines is 1. The van der Waals surface area contributed by atoms with Gasteiger partial charge in [-0.25, -0.2) is 4.98 Å². The summed E-state index contributed by atoms with van der Waals surface area (Å²) in [5.41, 5.74) is 3.99.